The first-order valence-corrected chi connectivity index (χ1v) is 12.4. The Morgan fingerprint density at radius 3 is 2.18 bits per heavy atom. The van der Waals surface area contributed by atoms with E-state index in [2.05, 4.69) is 0 Å². The third kappa shape index (κ3) is 6.96. The average Bonchev–Trinajstić information content (AvgIpc) is 2.82. The Morgan fingerprint density at radius 1 is 0.971 bits per heavy atom. The number of amides is 1. The van der Waals surface area contributed by atoms with E-state index < -0.39 is 39.8 Å². The molecule has 0 aliphatic rings. The molecule has 1 amide bonds. The van der Waals surface area contributed by atoms with Crippen molar-refractivity contribution in [3.63, 3.8) is 0 Å². The van der Waals surface area contributed by atoms with Crippen LogP contribution in [0.25, 0.3) is 0 Å². The molecule has 4 N–H and O–H groups in total. The van der Waals surface area contributed by atoms with Crippen LogP contribution in [0.4, 0.5) is 4.79 Å². The molecule has 0 aliphatic heterocycles. The second-order valence-electron chi connectivity index (χ2n) is 7.95. The third-order valence-corrected chi connectivity index (χ3v) is 7.09. The predicted molar refractivity (Wildman–Crippen MR) is 127 cm³/mol. The van der Waals surface area contributed by atoms with Crippen molar-refractivity contribution < 1.29 is 27.5 Å². The van der Waals surface area contributed by atoms with Crippen LogP contribution in [0.15, 0.2) is 59.5 Å². The van der Waals surface area contributed by atoms with Crippen molar-refractivity contribution in [2.45, 2.75) is 56.7 Å². The van der Waals surface area contributed by atoms with E-state index in [1.165, 1.54) is 19.1 Å². The predicted octanol–water partition coefficient (Wildman–Crippen LogP) is 2.31. The van der Waals surface area contributed by atoms with Gasteiger partial charge in [-0.1, -0.05) is 54.4 Å². The van der Waals surface area contributed by atoms with E-state index >= 15 is 0 Å². The maximum atomic E-state index is 13.4. The molecule has 10 heteroatoms. The summed E-state index contributed by atoms with van der Waals surface area (Å²) in [6.45, 7) is 3.15. The molecule has 34 heavy (non-hydrogen) atoms. The Labute approximate surface area is 200 Å². The number of ether oxygens (including phenoxy) is 1. The molecule has 2 atom stereocenters. The third-order valence-electron chi connectivity index (χ3n) is 5.24. The van der Waals surface area contributed by atoms with Crippen LogP contribution in [0.5, 0.6) is 0 Å². The maximum absolute atomic E-state index is 13.4. The van der Waals surface area contributed by atoms with Gasteiger partial charge in [0.15, 0.2) is 0 Å². The first-order chi connectivity index (χ1) is 16.1. The number of ketones is 2. The van der Waals surface area contributed by atoms with Crippen molar-refractivity contribution in [2.24, 2.45) is 11.5 Å². The van der Waals surface area contributed by atoms with Gasteiger partial charge < -0.3 is 16.2 Å². The van der Waals surface area contributed by atoms with Crippen molar-refractivity contribution >= 4 is 27.7 Å². The quantitative estimate of drug-likeness (QED) is 0.341. The lowest BCUT2D eigenvalue weighted by Crippen LogP contribution is -2.51. The molecule has 2 rings (SSSR count). The van der Waals surface area contributed by atoms with Gasteiger partial charge in [0.05, 0.1) is 10.9 Å². The van der Waals surface area contributed by atoms with Crippen LogP contribution in [-0.4, -0.2) is 49.0 Å². The molecule has 2 aromatic carbocycles. The summed E-state index contributed by atoms with van der Waals surface area (Å²) in [5.41, 5.74) is 12.7. The fraction of sp³-hybridized carbons (Fsp3) is 0.375. The monoisotopic (exact) mass is 489 g/mol. The van der Waals surface area contributed by atoms with E-state index in [4.69, 9.17) is 16.2 Å². The molecule has 0 aliphatic carbocycles. The van der Waals surface area contributed by atoms with Gasteiger partial charge in [-0.05, 0) is 50.9 Å². The van der Waals surface area contributed by atoms with Crippen LogP contribution in [0, 0.1) is 6.92 Å². The summed E-state index contributed by atoms with van der Waals surface area (Å²) < 4.78 is 32.2. The summed E-state index contributed by atoms with van der Waals surface area (Å²) in [7, 11) is -4.52. The summed E-state index contributed by atoms with van der Waals surface area (Å²) >= 11 is 0. The van der Waals surface area contributed by atoms with Gasteiger partial charge >= 0.3 is 6.09 Å². The molecule has 0 fully saturated rings. The van der Waals surface area contributed by atoms with Gasteiger partial charge in [-0.2, -0.15) is 4.31 Å². The Balaban J connectivity index is 2.33. The smallest absolute Gasteiger partial charge is 0.424 e. The number of nitrogens with zero attached hydrogens (tertiary/aromatic N) is 1. The van der Waals surface area contributed by atoms with Crippen LogP contribution in [0.1, 0.15) is 37.3 Å². The SMILES string of the molecule is Cc1ccc(S(=O)(=O)N(C(=O)OCc2ccccc2)[C@@H](C)C(=O)C(=O)[C@@H](N)CCCCN)cc1. The number of benzene rings is 2. The number of aryl methyl sites for hydroxylation is 1. The lowest BCUT2D eigenvalue weighted by molar-refractivity contribution is -0.139. The number of Topliss-reactive ketones (excluding diaryl/α,β-unsaturated/α-hetero) is 2. The van der Waals surface area contributed by atoms with Crippen molar-refractivity contribution in [1.82, 2.24) is 4.31 Å². The van der Waals surface area contributed by atoms with E-state index in [1.54, 1.807) is 49.4 Å². The van der Waals surface area contributed by atoms with E-state index in [9.17, 15) is 22.8 Å². The minimum Gasteiger partial charge on any atom is -0.444 e. The first kappa shape index (κ1) is 27.2. The lowest BCUT2D eigenvalue weighted by Gasteiger charge is -2.27. The number of rotatable bonds is 12. The van der Waals surface area contributed by atoms with Gasteiger partial charge in [-0.25, -0.2) is 13.2 Å². The molecule has 0 radical (unpaired) electrons. The minimum atomic E-state index is -4.52. The molecule has 184 valence electrons. The molecule has 0 heterocycles. The average molecular weight is 490 g/mol. The van der Waals surface area contributed by atoms with Crippen molar-refractivity contribution in [2.75, 3.05) is 6.54 Å². The summed E-state index contributed by atoms with van der Waals surface area (Å²) in [6.07, 6.45) is 0.118. The highest BCUT2D eigenvalue weighted by Crippen LogP contribution is 2.22. The van der Waals surface area contributed by atoms with E-state index in [0.29, 0.717) is 29.3 Å². The minimum absolute atomic E-state index is 0.214. The van der Waals surface area contributed by atoms with Crippen molar-refractivity contribution in [3.8, 4) is 0 Å². The van der Waals surface area contributed by atoms with Crippen molar-refractivity contribution in [3.05, 3.63) is 65.7 Å². The highest BCUT2D eigenvalue weighted by Gasteiger charge is 2.41. The zero-order valence-corrected chi connectivity index (χ0v) is 20.2. The normalized spacial score (nSPS) is 13.1. The second-order valence-corrected chi connectivity index (χ2v) is 9.76. The highest BCUT2D eigenvalue weighted by atomic mass is 32.2. The Morgan fingerprint density at radius 2 is 1.59 bits per heavy atom. The van der Waals surface area contributed by atoms with E-state index in [0.717, 1.165) is 5.56 Å². The standard InChI is InChI=1S/C24H31N3O6S/c1-17-11-13-20(14-12-17)34(31,32)27(24(30)33-16-19-8-4-3-5-9-19)18(2)22(28)23(29)21(26)10-6-7-15-25/h3-5,8-9,11-14,18,21H,6-7,10,15-16,25-26H2,1-2H3/t18-,21-/m0/s1. The Hall–Kier alpha value is -3.08. The molecule has 2 aromatic rings. The number of sulfonamides is 1. The number of hydrogen-bond donors (Lipinski definition) is 2. The van der Waals surface area contributed by atoms with Gasteiger partial charge in [-0.15, -0.1) is 0 Å². The molecular weight excluding hydrogens is 458 g/mol. The molecule has 0 unspecified atom stereocenters. The number of nitrogens with two attached hydrogens (primary N) is 2. The number of hydrogen-bond acceptors (Lipinski definition) is 8. The summed E-state index contributed by atoms with van der Waals surface area (Å²) in [4.78, 5) is 38.3. The molecule has 0 bridgehead atoms. The van der Waals surface area contributed by atoms with Gasteiger partial charge in [0.25, 0.3) is 10.0 Å². The summed E-state index contributed by atoms with van der Waals surface area (Å²) in [6, 6.07) is 11.6. The lowest BCUT2D eigenvalue weighted by atomic mass is 10.00. The number of carbonyl (C=O) groups is 3. The van der Waals surface area contributed by atoms with Crippen LogP contribution >= 0.6 is 0 Å². The van der Waals surface area contributed by atoms with Gasteiger partial charge in [0, 0.05) is 0 Å². The van der Waals surface area contributed by atoms with Gasteiger partial charge in [0.2, 0.25) is 11.6 Å². The zero-order valence-electron chi connectivity index (χ0n) is 19.3. The molecule has 0 aromatic heterocycles. The second kappa shape index (κ2) is 12.4. The van der Waals surface area contributed by atoms with Gasteiger partial charge in [0.1, 0.15) is 12.6 Å². The van der Waals surface area contributed by atoms with Crippen LogP contribution in [0.3, 0.4) is 0 Å². The summed E-state index contributed by atoms with van der Waals surface area (Å²) in [5.74, 6) is -2.04. The fourth-order valence-corrected chi connectivity index (χ4v) is 4.67. The molecule has 0 saturated heterocycles. The Kier molecular flexibility index (Phi) is 9.91. The maximum Gasteiger partial charge on any atom is 0.424 e. The highest BCUT2D eigenvalue weighted by molar-refractivity contribution is 7.89. The summed E-state index contributed by atoms with van der Waals surface area (Å²) in [5, 5.41) is 0. The topological polar surface area (TPSA) is 150 Å². The van der Waals surface area contributed by atoms with E-state index in [1.807, 2.05) is 0 Å². The number of unbranched alkanes of at least 4 members (excludes halogenated alkanes) is 1. The number of carbonyl (C=O) groups excluding carboxylic acids is 3. The zero-order chi connectivity index (χ0) is 25.3. The molecule has 0 spiro atoms. The fourth-order valence-electron chi connectivity index (χ4n) is 3.21. The molecular formula is C24H31N3O6S. The van der Waals surface area contributed by atoms with Gasteiger partial charge in [-0.3, -0.25) is 9.59 Å². The first-order valence-electron chi connectivity index (χ1n) is 10.9. The Bertz CT molecular complexity index is 1090. The largest absolute Gasteiger partial charge is 0.444 e. The van der Waals surface area contributed by atoms with Crippen LogP contribution < -0.4 is 11.5 Å². The molecule has 9 nitrogen and oxygen atoms in total. The van der Waals surface area contributed by atoms with Crippen molar-refractivity contribution in [1.29, 1.82) is 0 Å². The van der Waals surface area contributed by atoms with E-state index in [-0.39, 0.29) is 17.9 Å². The van der Waals surface area contributed by atoms with Crippen LogP contribution in [-0.2, 0) is 31.0 Å². The van der Waals surface area contributed by atoms with Crippen LogP contribution in [0.2, 0.25) is 0 Å². The molecule has 0 saturated carbocycles.